The van der Waals surface area contributed by atoms with Crippen LogP contribution in [-0.2, 0) is 16.1 Å². The molecule has 86 valence electrons. The van der Waals surface area contributed by atoms with Gasteiger partial charge in [-0.25, -0.2) is 5.48 Å². The predicted octanol–water partition coefficient (Wildman–Crippen LogP) is 0.639. The quantitative estimate of drug-likeness (QED) is 0.732. The molecule has 0 radical (unpaired) electrons. The summed E-state index contributed by atoms with van der Waals surface area (Å²) < 4.78 is 0. The zero-order valence-corrected chi connectivity index (χ0v) is 9.11. The summed E-state index contributed by atoms with van der Waals surface area (Å²) in [6, 6.07) is 9.63. The lowest BCUT2D eigenvalue weighted by Gasteiger charge is -2.10. The molecule has 4 nitrogen and oxygen atoms in total. The van der Waals surface area contributed by atoms with Gasteiger partial charge < -0.3 is 5.32 Å². The van der Waals surface area contributed by atoms with Crippen LogP contribution in [0.2, 0.25) is 0 Å². The van der Waals surface area contributed by atoms with Gasteiger partial charge in [-0.2, -0.15) is 0 Å². The molecule has 1 heterocycles. The van der Waals surface area contributed by atoms with E-state index in [1.807, 2.05) is 30.3 Å². The van der Waals surface area contributed by atoms with E-state index in [0.29, 0.717) is 6.42 Å². The van der Waals surface area contributed by atoms with E-state index in [-0.39, 0.29) is 12.0 Å². The molecule has 0 aliphatic carbocycles. The van der Waals surface area contributed by atoms with E-state index < -0.39 is 0 Å². The molecule has 2 N–H and O–H groups in total. The zero-order valence-electron chi connectivity index (χ0n) is 9.11. The lowest BCUT2D eigenvalue weighted by molar-refractivity contribution is -0.136. The first-order valence-electron chi connectivity index (χ1n) is 5.54. The van der Waals surface area contributed by atoms with E-state index in [1.165, 1.54) is 0 Å². The maximum Gasteiger partial charge on any atom is 0.247 e. The highest BCUT2D eigenvalue weighted by molar-refractivity contribution is 5.77. The minimum atomic E-state index is -0.0990. The van der Waals surface area contributed by atoms with Crippen LogP contribution < -0.4 is 10.8 Å². The van der Waals surface area contributed by atoms with E-state index in [9.17, 15) is 4.79 Å². The number of benzene rings is 1. The standard InChI is InChI=1S/C12H16N2O2/c15-12(8-10-4-2-1-3-5-10)14-16-11-6-7-13-9-11/h1-5,11,13H,6-9H2,(H,14,15). The highest BCUT2D eigenvalue weighted by atomic mass is 16.7. The predicted molar refractivity (Wildman–Crippen MR) is 60.6 cm³/mol. The van der Waals surface area contributed by atoms with Gasteiger partial charge in [-0.1, -0.05) is 30.3 Å². The van der Waals surface area contributed by atoms with Crippen LogP contribution in [0.1, 0.15) is 12.0 Å². The van der Waals surface area contributed by atoms with Crippen molar-refractivity contribution in [2.45, 2.75) is 18.9 Å². The average molecular weight is 220 g/mol. The second kappa shape index (κ2) is 5.63. The summed E-state index contributed by atoms with van der Waals surface area (Å²) in [5, 5.41) is 3.17. The molecule has 1 aromatic rings. The minimum absolute atomic E-state index is 0.0990. The van der Waals surface area contributed by atoms with Crippen LogP contribution in [-0.4, -0.2) is 25.1 Å². The van der Waals surface area contributed by atoms with Crippen LogP contribution in [0.5, 0.6) is 0 Å². The van der Waals surface area contributed by atoms with Gasteiger partial charge in [0.1, 0.15) is 0 Å². The summed E-state index contributed by atoms with van der Waals surface area (Å²) in [7, 11) is 0. The summed E-state index contributed by atoms with van der Waals surface area (Å²) in [5.41, 5.74) is 3.49. The van der Waals surface area contributed by atoms with Gasteiger partial charge in [-0.05, 0) is 18.5 Å². The first-order chi connectivity index (χ1) is 7.84. The van der Waals surface area contributed by atoms with Gasteiger partial charge in [-0.3, -0.25) is 9.63 Å². The highest BCUT2D eigenvalue weighted by Crippen LogP contribution is 2.02. The molecule has 1 atom stereocenters. The van der Waals surface area contributed by atoms with E-state index in [1.54, 1.807) is 0 Å². The van der Waals surface area contributed by atoms with Gasteiger partial charge in [0, 0.05) is 6.54 Å². The molecule has 1 unspecified atom stereocenters. The first-order valence-corrected chi connectivity index (χ1v) is 5.54. The molecule has 0 spiro atoms. The fraction of sp³-hybridized carbons (Fsp3) is 0.417. The smallest absolute Gasteiger partial charge is 0.247 e. The lowest BCUT2D eigenvalue weighted by Crippen LogP contribution is -2.31. The maximum absolute atomic E-state index is 11.5. The Labute approximate surface area is 94.9 Å². The summed E-state index contributed by atoms with van der Waals surface area (Å²) >= 11 is 0. The number of hydrogen-bond acceptors (Lipinski definition) is 3. The van der Waals surface area contributed by atoms with Crippen molar-refractivity contribution in [1.29, 1.82) is 0 Å². The molecular weight excluding hydrogens is 204 g/mol. The van der Waals surface area contributed by atoms with E-state index in [0.717, 1.165) is 25.1 Å². The van der Waals surface area contributed by atoms with Gasteiger partial charge in [0.2, 0.25) is 5.91 Å². The third-order valence-corrected chi connectivity index (χ3v) is 2.56. The van der Waals surface area contributed by atoms with Crippen LogP contribution in [0.4, 0.5) is 0 Å². The molecular formula is C12H16N2O2. The van der Waals surface area contributed by atoms with Crippen LogP contribution >= 0.6 is 0 Å². The number of rotatable bonds is 4. The Morgan fingerprint density at radius 3 is 2.94 bits per heavy atom. The average Bonchev–Trinajstić information content (AvgIpc) is 2.81. The Kier molecular flexibility index (Phi) is 3.91. The van der Waals surface area contributed by atoms with Crippen LogP contribution in [0.3, 0.4) is 0 Å². The third-order valence-electron chi connectivity index (χ3n) is 2.56. The molecule has 2 rings (SSSR count). The number of nitrogens with one attached hydrogen (secondary N) is 2. The third kappa shape index (κ3) is 3.32. The van der Waals surface area contributed by atoms with Crippen molar-refractivity contribution in [2.75, 3.05) is 13.1 Å². The fourth-order valence-corrected chi connectivity index (χ4v) is 1.70. The van der Waals surface area contributed by atoms with Crippen LogP contribution in [0, 0.1) is 0 Å². The molecule has 1 aliphatic rings. The summed E-state index contributed by atoms with van der Waals surface area (Å²) in [6.07, 6.45) is 1.42. The Morgan fingerprint density at radius 2 is 2.25 bits per heavy atom. The Balaban J connectivity index is 1.72. The number of carbonyl (C=O) groups is 1. The SMILES string of the molecule is O=C(Cc1ccccc1)NOC1CCNC1. The summed E-state index contributed by atoms with van der Waals surface area (Å²) in [6.45, 7) is 1.77. The molecule has 1 aliphatic heterocycles. The molecule has 4 heteroatoms. The van der Waals surface area contributed by atoms with Crippen molar-refractivity contribution in [3.8, 4) is 0 Å². The molecule has 16 heavy (non-hydrogen) atoms. The van der Waals surface area contributed by atoms with Crippen molar-refractivity contribution in [1.82, 2.24) is 10.8 Å². The number of hydroxylamine groups is 1. The van der Waals surface area contributed by atoms with Crippen molar-refractivity contribution in [2.24, 2.45) is 0 Å². The minimum Gasteiger partial charge on any atom is -0.314 e. The van der Waals surface area contributed by atoms with Gasteiger partial charge in [0.15, 0.2) is 0 Å². The number of carbonyl (C=O) groups excluding carboxylic acids is 1. The molecule has 1 aromatic carbocycles. The second-order valence-electron chi connectivity index (χ2n) is 3.92. The number of amides is 1. The molecule has 0 bridgehead atoms. The van der Waals surface area contributed by atoms with E-state index >= 15 is 0 Å². The molecule has 0 aromatic heterocycles. The lowest BCUT2D eigenvalue weighted by atomic mass is 10.1. The van der Waals surface area contributed by atoms with Crippen molar-refractivity contribution >= 4 is 5.91 Å². The maximum atomic E-state index is 11.5. The second-order valence-corrected chi connectivity index (χ2v) is 3.92. The van der Waals surface area contributed by atoms with Crippen LogP contribution in [0.25, 0.3) is 0 Å². The summed E-state index contributed by atoms with van der Waals surface area (Å²) in [5.74, 6) is -0.0990. The summed E-state index contributed by atoms with van der Waals surface area (Å²) in [4.78, 5) is 16.8. The first kappa shape index (κ1) is 11.1. The Bertz CT molecular complexity index is 334. The van der Waals surface area contributed by atoms with E-state index in [2.05, 4.69) is 10.8 Å². The van der Waals surface area contributed by atoms with Crippen molar-refractivity contribution in [3.63, 3.8) is 0 Å². The normalized spacial score (nSPS) is 19.6. The Hall–Kier alpha value is -1.39. The topological polar surface area (TPSA) is 50.4 Å². The largest absolute Gasteiger partial charge is 0.314 e. The molecule has 1 saturated heterocycles. The van der Waals surface area contributed by atoms with Gasteiger partial charge in [-0.15, -0.1) is 0 Å². The zero-order chi connectivity index (χ0) is 11.2. The molecule has 1 amide bonds. The van der Waals surface area contributed by atoms with Gasteiger partial charge >= 0.3 is 0 Å². The molecule has 0 saturated carbocycles. The molecule has 1 fully saturated rings. The van der Waals surface area contributed by atoms with E-state index in [4.69, 9.17) is 4.84 Å². The fourth-order valence-electron chi connectivity index (χ4n) is 1.70. The van der Waals surface area contributed by atoms with Gasteiger partial charge in [0.05, 0.1) is 12.5 Å². The highest BCUT2D eigenvalue weighted by Gasteiger charge is 2.16. The monoisotopic (exact) mass is 220 g/mol. The van der Waals surface area contributed by atoms with Crippen molar-refractivity contribution < 1.29 is 9.63 Å². The van der Waals surface area contributed by atoms with Crippen molar-refractivity contribution in [3.05, 3.63) is 35.9 Å². The van der Waals surface area contributed by atoms with Crippen LogP contribution in [0.15, 0.2) is 30.3 Å². The van der Waals surface area contributed by atoms with Gasteiger partial charge in [0.25, 0.3) is 0 Å². The number of hydrogen-bond donors (Lipinski definition) is 2. The Morgan fingerprint density at radius 1 is 1.44 bits per heavy atom.